The minimum atomic E-state index is -0.523. The second-order valence-electron chi connectivity index (χ2n) is 2.60. The Morgan fingerprint density at radius 2 is 2.00 bits per heavy atom. The molecule has 0 aliphatic heterocycles. The van der Waals surface area contributed by atoms with Gasteiger partial charge in [-0.3, -0.25) is 0 Å². The van der Waals surface area contributed by atoms with Gasteiger partial charge in [0.25, 0.3) is 0 Å². The van der Waals surface area contributed by atoms with Gasteiger partial charge in [-0.2, -0.15) is 0 Å². The lowest BCUT2D eigenvalue weighted by molar-refractivity contribution is -0.129. The lowest BCUT2D eigenvalue weighted by Crippen LogP contribution is -1.97. The minimum absolute atomic E-state index is 0.473. The molecule has 0 radical (unpaired) electrons. The number of benzene rings is 1. The Labute approximate surface area is 82.0 Å². The highest BCUT2D eigenvalue weighted by atomic mass is 35.5. The van der Waals surface area contributed by atoms with E-state index in [4.69, 9.17) is 11.9 Å². The molecule has 1 aromatic rings. The van der Waals surface area contributed by atoms with Crippen molar-refractivity contribution in [3.63, 3.8) is 0 Å². The topological polar surface area (TPSA) is 26.3 Å². The maximum atomic E-state index is 10.9. The second kappa shape index (κ2) is 4.67. The molecule has 0 amide bonds. The summed E-state index contributed by atoms with van der Waals surface area (Å²) < 4.78 is 4.05. The second-order valence-corrected chi connectivity index (χ2v) is 2.76. The third kappa shape index (κ3) is 2.92. The largest absolute Gasteiger partial charge is 0.351 e. The lowest BCUT2D eigenvalue weighted by Gasteiger charge is -1.96. The molecule has 0 aromatic heterocycles. The van der Waals surface area contributed by atoms with Gasteiger partial charge in [-0.05, 0) is 18.6 Å². The zero-order valence-corrected chi connectivity index (χ0v) is 7.91. The van der Waals surface area contributed by atoms with Crippen LogP contribution in [0.5, 0.6) is 0 Å². The summed E-state index contributed by atoms with van der Waals surface area (Å²) >= 11 is 4.92. The summed E-state index contributed by atoms with van der Waals surface area (Å²) in [4.78, 5) is 10.9. The van der Waals surface area contributed by atoms with Gasteiger partial charge in [0.2, 0.25) is 0 Å². The Bertz CT molecular complexity index is 317. The first kappa shape index (κ1) is 9.81. The number of carbonyl (C=O) groups is 1. The summed E-state index contributed by atoms with van der Waals surface area (Å²) in [6.07, 6.45) is 1.71. The van der Waals surface area contributed by atoms with Crippen molar-refractivity contribution in [3.05, 3.63) is 41.5 Å². The first-order chi connectivity index (χ1) is 6.24. The van der Waals surface area contributed by atoms with E-state index in [1.165, 1.54) is 0 Å². The summed E-state index contributed by atoms with van der Waals surface area (Å²) in [7, 11) is 0. The highest BCUT2D eigenvalue weighted by molar-refractivity contribution is 6.16. The normalized spacial score (nSPS) is 11.1. The molecule has 13 heavy (non-hydrogen) atoms. The fourth-order valence-electron chi connectivity index (χ4n) is 0.919. The molecule has 0 fully saturated rings. The SMILES string of the molecule is CC(=Cc1ccccc1)C(=O)OCl. The van der Waals surface area contributed by atoms with Crippen molar-refractivity contribution < 1.29 is 9.08 Å². The predicted molar refractivity (Wildman–Crippen MR) is 52.0 cm³/mol. The van der Waals surface area contributed by atoms with Crippen molar-refractivity contribution in [1.29, 1.82) is 0 Å². The van der Waals surface area contributed by atoms with Gasteiger partial charge in [-0.1, -0.05) is 30.3 Å². The van der Waals surface area contributed by atoms with E-state index in [0.29, 0.717) is 5.57 Å². The van der Waals surface area contributed by atoms with Gasteiger partial charge < -0.3 is 4.29 Å². The molecular formula is C10H9ClO2. The van der Waals surface area contributed by atoms with E-state index < -0.39 is 5.97 Å². The number of halogens is 1. The first-order valence-electron chi connectivity index (χ1n) is 3.80. The molecular weight excluding hydrogens is 188 g/mol. The van der Waals surface area contributed by atoms with Crippen LogP contribution in [0.1, 0.15) is 12.5 Å². The van der Waals surface area contributed by atoms with Crippen molar-refractivity contribution in [2.45, 2.75) is 6.92 Å². The summed E-state index contributed by atoms with van der Waals surface area (Å²) in [5.41, 5.74) is 1.42. The predicted octanol–water partition coefficient (Wildman–Crippen LogP) is 2.79. The van der Waals surface area contributed by atoms with Crippen LogP contribution in [0, 0.1) is 0 Å². The monoisotopic (exact) mass is 196 g/mol. The van der Waals surface area contributed by atoms with E-state index in [9.17, 15) is 4.79 Å². The van der Waals surface area contributed by atoms with Crippen LogP contribution in [0.15, 0.2) is 35.9 Å². The summed E-state index contributed by atoms with van der Waals surface area (Å²) in [6, 6.07) is 9.48. The molecule has 0 aliphatic rings. The molecule has 1 rings (SSSR count). The first-order valence-corrected chi connectivity index (χ1v) is 4.11. The van der Waals surface area contributed by atoms with Crippen LogP contribution in [0.3, 0.4) is 0 Å². The minimum Gasteiger partial charge on any atom is -0.343 e. The average molecular weight is 197 g/mol. The van der Waals surface area contributed by atoms with E-state index in [1.807, 2.05) is 30.3 Å². The molecule has 0 N–H and O–H groups in total. The fourth-order valence-corrected chi connectivity index (χ4v) is 1.04. The van der Waals surface area contributed by atoms with Gasteiger partial charge in [-0.25, -0.2) is 4.79 Å². The van der Waals surface area contributed by atoms with Crippen LogP contribution in [0.25, 0.3) is 6.08 Å². The van der Waals surface area contributed by atoms with Crippen LogP contribution < -0.4 is 0 Å². The van der Waals surface area contributed by atoms with Gasteiger partial charge in [0.15, 0.2) is 0 Å². The van der Waals surface area contributed by atoms with E-state index in [1.54, 1.807) is 13.0 Å². The van der Waals surface area contributed by atoms with Crippen molar-refractivity contribution >= 4 is 23.9 Å². The molecule has 0 aliphatic carbocycles. The maximum absolute atomic E-state index is 10.9. The van der Waals surface area contributed by atoms with Gasteiger partial charge >= 0.3 is 5.97 Å². The number of hydrogen-bond donors (Lipinski definition) is 0. The van der Waals surface area contributed by atoms with Crippen molar-refractivity contribution in [2.24, 2.45) is 0 Å². The third-order valence-electron chi connectivity index (χ3n) is 1.57. The molecule has 1 aromatic carbocycles. The van der Waals surface area contributed by atoms with Gasteiger partial charge in [0.1, 0.15) is 11.9 Å². The van der Waals surface area contributed by atoms with E-state index in [0.717, 1.165) is 5.56 Å². The molecule has 0 unspecified atom stereocenters. The highest BCUT2D eigenvalue weighted by Crippen LogP contribution is 2.07. The van der Waals surface area contributed by atoms with Gasteiger partial charge in [-0.15, -0.1) is 0 Å². The quantitative estimate of drug-likeness (QED) is 0.680. The number of hydrogen-bond acceptors (Lipinski definition) is 2. The van der Waals surface area contributed by atoms with E-state index in [-0.39, 0.29) is 0 Å². The average Bonchev–Trinajstić information content (AvgIpc) is 2.18. The molecule has 0 saturated heterocycles. The van der Waals surface area contributed by atoms with Gasteiger partial charge in [0.05, 0.1) is 0 Å². The van der Waals surface area contributed by atoms with E-state index >= 15 is 0 Å². The van der Waals surface area contributed by atoms with Crippen molar-refractivity contribution in [1.82, 2.24) is 0 Å². The fraction of sp³-hybridized carbons (Fsp3) is 0.100. The third-order valence-corrected chi connectivity index (χ3v) is 1.71. The van der Waals surface area contributed by atoms with Crippen LogP contribution in [-0.4, -0.2) is 5.97 Å². The number of rotatable bonds is 2. The molecule has 68 valence electrons. The summed E-state index contributed by atoms with van der Waals surface area (Å²) in [5.74, 6) is -0.523. The van der Waals surface area contributed by atoms with Crippen molar-refractivity contribution in [2.75, 3.05) is 0 Å². The molecule has 0 bridgehead atoms. The van der Waals surface area contributed by atoms with E-state index in [2.05, 4.69) is 4.29 Å². The molecule has 0 spiro atoms. The summed E-state index contributed by atoms with van der Waals surface area (Å²) in [6.45, 7) is 1.65. The zero-order valence-electron chi connectivity index (χ0n) is 7.16. The van der Waals surface area contributed by atoms with Crippen LogP contribution in [-0.2, 0) is 9.08 Å². The molecule has 0 atom stereocenters. The van der Waals surface area contributed by atoms with Crippen LogP contribution >= 0.6 is 11.9 Å². The zero-order chi connectivity index (χ0) is 9.68. The maximum Gasteiger partial charge on any atom is 0.351 e. The molecule has 2 nitrogen and oxygen atoms in total. The molecule has 0 heterocycles. The number of carbonyl (C=O) groups excluding carboxylic acids is 1. The van der Waals surface area contributed by atoms with Crippen LogP contribution in [0.2, 0.25) is 0 Å². The Balaban J connectivity index is 2.83. The summed E-state index contributed by atoms with van der Waals surface area (Å²) in [5, 5.41) is 0. The Hall–Kier alpha value is -1.28. The van der Waals surface area contributed by atoms with Crippen molar-refractivity contribution in [3.8, 4) is 0 Å². The van der Waals surface area contributed by atoms with Crippen LogP contribution in [0.4, 0.5) is 0 Å². The standard InChI is InChI=1S/C10H9ClO2/c1-8(10(12)13-11)7-9-5-3-2-4-6-9/h2-7H,1H3. The molecule has 0 saturated carbocycles. The Kier molecular flexibility index (Phi) is 3.53. The van der Waals surface area contributed by atoms with Gasteiger partial charge in [0, 0.05) is 5.57 Å². The Morgan fingerprint density at radius 3 is 2.54 bits per heavy atom. The Morgan fingerprint density at radius 1 is 1.38 bits per heavy atom. The smallest absolute Gasteiger partial charge is 0.343 e. The highest BCUT2D eigenvalue weighted by Gasteiger charge is 2.03. The lowest BCUT2D eigenvalue weighted by atomic mass is 10.1. The molecule has 3 heteroatoms.